The van der Waals surface area contributed by atoms with Gasteiger partial charge in [0.1, 0.15) is 6.23 Å². The Bertz CT molecular complexity index is 434. The van der Waals surface area contributed by atoms with Crippen LogP contribution < -0.4 is 5.73 Å². The first kappa shape index (κ1) is 9.19. The van der Waals surface area contributed by atoms with Gasteiger partial charge in [-0.1, -0.05) is 42.5 Å². The zero-order valence-electron chi connectivity index (χ0n) is 8.10. The van der Waals surface area contributed by atoms with E-state index in [1.807, 2.05) is 24.3 Å². The fourth-order valence-corrected chi connectivity index (χ4v) is 1.63. The van der Waals surface area contributed by atoms with Crippen LogP contribution in [0.25, 0.3) is 10.8 Å². The van der Waals surface area contributed by atoms with E-state index in [4.69, 9.17) is 10.5 Å². The first-order valence-electron chi connectivity index (χ1n) is 4.59. The first-order valence-corrected chi connectivity index (χ1v) is 4.59. The van der Waals surface area contributed by atoms with Crippen molar-refractivity contribution in [3.63, 3.8) is 0 Å². The van der Waals surface area contributed by atoms with Crippen molar-refractivity contribution >= 4 is 10.8 Å². The molecule has 2 nitrogen and oxygen atoms in total. The van der Waals surface area contributed by atoms with Gasteiger partial charge >= 0.3 is 0 Å². The summed E-state index contributed by atoms with van der Waals surface area (Å²) in [7, 11) is 1.62. The molecule has 1 unspecified atom stereocenters. The second-order valence-electron chi connectivity index (χ2n) is 3.22. The lowest BCUT2D eigenvalue weighted by Gasteiger charge is -2.12. The maximum atomic E-state index is 5.84. The highest BCUT2D eigenvalue weighted by molar-refractivity contribution is 5.85. The maximum absolute atomic E-state index is 5.84. The molecule has 0 aliphatic rings. The summed E-state index contributed by atoms with van der Waals surface area (Å²) in [5.41, 5.74) is 6.87. The molecule has 0 bridgehead atoms. The molecule has 0 aliphatic carbocycles. The molecule has 2 rings (SSSR count). The topological polar surface area (TPSA) is 35.2 Å². The van der Waals surface area contributed by atoms with Crippen LogP contribution in [0.1, 0.15) is 11.8 Å². The number of fused-ring (bicyclic) bond motifs is 1. The molecule has 0 aromatic heterocycles. The summed E-state index contributed by atoms with van der Waals surface area (Å²) in [5.74, 6) is 0. The van der Waals surface area contributed by atoms with Crippen molar-refractivity contribution < 1.29 is 4.74 Å². The number of nitrogens with two attached hydrogens (primary N) is 1. The van der Waals surface area contributed by atoms with Crippen LogP contribution in [-0.2, 0) is 4.74 Å². The van der Waals surface area contributed by atoms with Crippen LogP contribution in [0.4, 0.5) is 0 Å². The van der Waals surface area contributed by atoms with Gasteiger partial charge in [0.15, 0.2) is 0 Å². The Morgan fingerprint density at radius 3 is 2.57 bits per heavy atom. The van der Waals surface area contributed by atoms with Gasteiger partial charge in [0.2, 0.25) is 0 Å². The lowest BCUT2D eigenvalue weighted by molar-refractivity contribution is 0.110. The number of hydrogen-bond acceptors (Lipinski definition) is 2. The molecule has 0 heterocycles. The minimum atomic E-state index is -0.346. The highest BCUT2D eigenvalue weighted by Crippen LogP contribution is 2.22. The second kappa shape index (κ2) is 3.78. The highest BCUT2D eigenvalue weighted by atomic mass is 16.5. The third-order valence-corrected chi connectivity index (χ3v) is 2.38. The predicted molar refractivity (Wildman–Crippen MR) is 57.9 cm³/mol. The zero-order chi connectivity index (χ0) is 9.97. The van der Waals surface area contributed by atoms with Gasteiger partial charge in [-0.2, -0.15) is 0 Å². The minimum Gasteiger partial charge on any atom is -0.363 e. The van der Waals surface area contributed by atoms with Gasteiger partial charge in [0.25, 0.3) is 0 Å². The highest BCUT2D eigenvalue weighted by Gasteiger charge is 2.07. The number of hydrogen-bond donors (Lipinski definition) is 1. The van der Waals surface area contributed by atoms with Crippen LogP contribution in [0, 0.1) is 0 Å². The van der Waals surface area contributed by atoms with Gasteiger partial charge in [-0.05, 0) is 10.8 Å². The Balaban J connectivity index is 2.65. The van der Waals surface area contributed by atoms with Crippen molar-refractivity contribution in [3.05, 3.63) is 48.0 Å². The van der Waals surface area contributed by atoms with Crippen LogP contribution in [0.2, 0.25) is 0 Å². The average Bonchev–Trinajstić information content (AvgIpc) is 2.27. The molecular formula is C12H13NO. The molecule has 2 N–H and O–H groups in total. The lowest BCUT2D eigenvalue weighted by Crippen LogP contribution is -2.12. The maximum Gasteiger partial charge on any atom is 0.132 e. The summed E-state index contributed by atoms with van der Waals surface area (Å²) in [6.45, 7) is 0. The van der Waals surface area contributed by atoms with Crippen molar-refractivity contribution in [2.45, 2.75) is 6.23 Å². The molecule has 0 radical (unpaired) electrons. The first-order chi connectivity index (χ1) is 6.83. The van der Waals surface area contributed by atoms with Gasteiger partial charge in [-0.3, -0.25) is 0 Å². The van der Waals surface area contributed by atoms with Gasteiger partial charge in [-0.15, -0.1) is 0 Å². The summed E-state index contributed by atoms with van der Waals surface area (Å²) in [6.07, 6.45) is -0.346. The Kier molecular flexibility index (Phi) is 2.48. The van der Waals surface area contributed by atoms with Crippen LogP contribution in [0.5, 0.6) is 0 Å². The SMILES string of the molecule is COC(N)c1cccc2ccccc12. The molecule has 72 valence electrons. The average molecular weight is 187 g/mol. The number of ether oxygens (including phenoxy) is 1. The fraction of sp³-hybridized carbons (Fsp3) is 0.167. The molecule has 2 aromatic rings. The smallest absolute Gasteiger partial charge is 0.132 e. The van der Waals surface area contributed by atoms with Crippen molar-refractivity contribution in [2.75, 3.05) is 7.11 Å². The van der Waals surface area contributed by atoms with E-state index in [0.717, 1.165) is 10.9 Å². The fourth-order valence-electron chi connectivity index (χ4n) is 1.63. The second-order valence-corrected chi connectivity index (χ2v) is 3.22. The lowest BCUT2D eigenvalue weighted by atomic mass is 10.0. The molecule has 2 aromatic carbocycles. The van der Waals surface area contributed by atoms with Gasteiger partial charge in [0, 0.05) is 12.7 Å². The summed E-state index contributed by atoms with van der Waals surface area (Å²) in [6, 6.07) is 14.2. The minimum absolute atomic E-state index is 0.346. The Morgan fingerprint density at radius 1 is 1.07 bits per heavy atom. The third-order valence-electron chi connectivity index (χ3n) is 2.38. The molecule has 0 spiro atoms. The van der Waals surface area contributed by atoms with Crippen molar-refractivity contribution in [1.82, 2.24) is 0 Å². The van der Waals surface area contributed by atoms with Crippen LogP contribution in [0.15, 0.2) is 42.5 Å². The van der Waals surface area contributed by atoms with E-state index in [-0.39, 0.29) is 6.23 Å². The largest absolute Gasteiger partial charge is 0.363 e. The van der Waals surface area contributed by atoms with E-state index in [2.05, 4.69) is 18.2 Å². The van der Waals surface area contributed by atoms with E-state index >= 15 is 0 Å². The normalized spacial score (nSPS) is 13.0. The molecule has 0 saturated heterocycles. The van der Waals surface area contributed by atoms with Gasteiger partial charge in [-0.25, -0.2) is 0 Å². The van der Waals surface area contributed by atoms with Gasteiger partial charge in [0.05, 0.1) is 0 Å². The summed E-state index contributed by atoms with van der Waals surface area (Å²) in [4.78, 5) is 0. The van der Waals surface area contributed by atoms with Crippen molar-refractivity contribution in [1.29, 1.82) is 0 Å². The van der Waals surface area contributed by atoms with E-state index in [9.17, 15) is 0 Å². The number of methoxy groups -OCH3 is 1. The molecule has 0 saturated carbocycles. The van der Waals surface area contributed by atoms with E-state index in [1.165, 1.54) is 5.39 Å². The van der Waals surface area contributed by atoms with E-state index in [1.54, 1.807) is 7.11 Å². The van der Waals surface area contributed by atoms with Crippen LogP contribution in [-0.4, -0.2) is 7.11 Å². The Hall–Kier alpha value is -1.38. The van der Waals surface area contributed by atoms with Crippen molar-refractivity contribution in [2.24, 2.45) is 5.73 Å². The summed E-state index contributed by atoms with van der Waals surface area (Å²) < 4.78 is 5.12. The zero-order valence-corrected chi connectivity index (χ0v) is 8.10. The number of rotatable bonds is 2. The van der Waals surface area contributed by atoms with Crippen molar-refractivity contribution in [3.8, 4) is 0 Å². The molecule has 14 heavy (non-hydrogen) atoms. The standard InChI is InChI=1S/C12H13NO/c1-14-12(13)11-8-4-6-9-5-2-3-7-10(9)11/h2-8,12H,13H2,1H3. The molecule has 0 fully saturated rings. The molecule has 2 heteroatoms. The summed E-state index contributed by atoms with van der Waals surface area (Å²) >= 11 is 0. The Labute approximate surface area is 83.3 Å². The summed E-state index contributed by atoms with van der Waals surface area (Å²) in [5, 5.41) is 2.35. The number of benzene rings is 2. The molecular weight excluding hydrogens is 174 g/mol. The third kappa shape index (κ3) is 1.50. The quantitative estimate of drug-likeness (QED) is 0.733. The Morgan fingerprint density at radius 2 is 1.79 bits per heavy atom. The molecule has 0 aliphatic heterocycles. The van der Waals surface area contributed by atoms with Crippen LogP contribution in [0.3, 0.4) is 0 Å². The predicted octanol–water partition coefficient (Wildman–Crippen LogP) is 2.44. The molecule has 1 atom stereocenters. The van der Waals surface area contributed by atoms with Gasteiger partial charge < -0.3 is 10.5 Å². The van der Waals surface area contributed by atoms with E-state index < -0.39 is 0 Å². The monoisotopic (exact) mass is 187 g/mol. The molecule has 0 amide bonds. The van der Waals surface area contributed by atoms with Crippen LogP contribution >= 0.6 is 0 Å². The van der Waals surface area contributed by atoms with E-state index in [0.29, 0.717) is 0 Å².